The predicted molar refractivity (Wildman–Crippen MR) is 69.2 cm³/mol. The molecule has 0 aromatic heterocycles. The fraction of sp³-hybridized carbons (Fsp3) is 0.571. The normalized spacial score (nSPS) is 23.2. The number of anilines is 1. The van der Waals surface area contributed by atoms with Crippen LogP contribution in [-0.2, 0) is 10.3 Å². The van der Waals surface area contributed by atoms with Gasteiger partial charge in [-0.3, -0.25) is 0 Å². The van der Waals surface area contributed by atoms with E-state index in [1.165, 1.54) is 17.7 Å². The quantitative estimate of drug-likeness (QED) is 0.846. The maximum atomic E-state index is 6.47. The summed E-state index contributed by atoms with van der Waals surface area (Å²) in [4.78, 5) is 2.41. The van der Waals surface area contributed by atoms with E-state index in [1.54, 1.807) is 0 Å². The predicted octanol–water partition coefficient (Wildman–Crippen LogP) is 1.86. The van der Waals surface area contributed by atoms with Crippen LogP contribution in [0.5, 0.6) is 0 Å². The zero-order chi connectivity index (χ0) is 11.7. The number of rotatable bonds is 2. The first kappa shape index (κ1) is 11.1. The van der Waals surface area contributed by atoms with Crippen LogP contribution in [0, 0.1) is 0 Å². The van der Waals surface area contributed by atoms with E-state index >= 15 is 0 Å². The molecule has 0 spiro atoms. The lowest BCUT2D eigenvalue weighted by molar-refractivity contribution is 0.122. The van der Waals surface area contributed by atoms with Gasteiger partial charge in [-0.1, -0.05) is 18.2 Å². The number of morpholine rings is 1. The van der Waals surface area contributed by atoms with Crippen molar-refractivity contribution in [3.05, 3.63) is 29.8 Å². The molecule has 2 N–H and O–H groups in total. The lowest BCUT2D eigenvalue weighted by Crippen LogP contribution is -2.45. The van der Waals surface area contributed by atoms with Crippen molar-refractivity contribution in [1.82, 2.24) is 0 Å². The first-order chi connectivity index (χ1) is 8.30. The van der Waals surface area contributed by atoms with Crippen LogP contribution in [-0.4, -0.2) is 26.3 Å². The Kier molecular flexibility index (Phi) is 2.81. The van der Waals surface area contributed by atoms with Gasteiger partial charge in [-0.15, -0.1) is 0 Å². The van der Waals surface area contributed by atoms with Gasteiger partial charge in [0.25, 0.3) is 0 Å². The molecule has 1 saturated carbocycles. The molecule has 0 unspecified atom stereocenters. The maximum absolute atomic E-state index is 6.47. The van der Waals surface area contributed by atoms with Gasteiger partial charge in [-0.05, 0) is 30.9 Å². The third kappa shape index (κ3) is 1.94. The van der Waals surface area contributed by atoms with Gasteiger partial charge in [-0.2, -0.15) is 0 Å². The van der Waals surface area contributed by atoms with Crippen LogP contribution in [0.3, 0.4) is 0 Å². The molecular weight excluding hydrogens is 212 g/mol. The zero-order valence-electron chi connectivity index (χ0n) is 10.2. The van der Waals surface area contributed by atoms with E-state index in [9.17, 15) is 0 Å². The van der Waals surface area contributed by atoms with E-state index in [-0.39, 0.29) is 5.54 Å². The van der Waals surface area contributed by atoms with Crippen LogP contribution in [0.15, 0.2) is 24.3 Å². The van der Waals surface area contributed by atoms with Gasteiger partial charge in [0, 0.05) is 24.3 Å². The van der Waals surface area contributed by atoms with E-state index in [2.05, 4.69) is 29.2 Å². The smallest absolute Gasteiger partial charge is 0.0642 e. The number of para-hydroxylation sites is 1. The third-order valence-electron chi connectivity index (χ3n) is 4.04. The molecule has 3 heteroatoms. The molecule has 1 aromatic carbocycles. The van der Waals surface area contributed by atoms with Gasteiger partial charge in [0.2, 0.25) is 0 Å². The van der Waals surface area contributed by atoms with Crippen molar-refractivity contribution in [3.63, 3.8) is 0 Å². The maximum Gasteiger partial charge on any atom is 0.0642 e. The van der Waals surface area contributed by atoms with Crippen LogP contribution < -0.4 is 10.6 Å². The zero-order valence-corrected chi connectivity index (χ0v) is 10.2. The number of hydrogen-bond acceptors (Lipinski definition) is 3. The molecule has 2 fully saturated rings. The highest BCUT2D eigenvalue weighted by Crippen LogP contribution is 2.42. The van der Waals surface area contributed by atoms with Crippen LogP contribution in [0.2, 0.25) is 0 Å². The number of benzene rings is 1. The van der Waals surface area contributed by atoms with Crippen molar-refractivity contribution in [3.8, 4) is 0 Å². The van der Waals surface area contributed by atoms with Gasteiger partial charge < -0.3 is 15.4 Å². The van der Waals surface area contributed by atoms with E-state index in [0.29, 0.717) is 0 Å². The summed E-state index contributed by atoms with van der Waals surface area (Å²) in [7, 11) is 0. The molecular formula is C14H20N2O. The topological polar surface area (TPSA) is 38.5 Å². The molecule has 3 nitrogen and oxygen atoms in total. The molecule has 0 radical (unpaired) electrons. The molecule has 1 aliphatic carbocycles. The number of nitrogens with zero attached hydrogens (tertiary/aromatic N) is 1. The molecule has 1 saturated heterocycles. The van der Waals surface area contributed by atoms with Gasteiger partial charge in [0.15, 0.2) is 0 Å². The molecule has 0 amide bonds. The van der Waals surface area contributed by atoms with Crippen molar-refractivity contribution < 1.29 is 4.74 Å². The summed E-state index contributed by atoms with van der Waals surface area (Å²) >= 11 is 0. The van der Waals surface area contributed by atoms with E-state index in [1.807, 2.05) is 0 Å². The summed E-state index contributed by atoms with van der Waals surface area (Å²) in [5, 5.41) is 0. The largest absolute Gasteiger partial charge is 0.378 e. The Labute approximate surface area is 103 Å². The highest BCUT2D eigenvalue weighted by atomic mass is 16.5. The Balaban J connectivity index is 1.92. The molecule has 1 aliphatic heterocycles. The minimum absolute atomic E-state index is 0.0745. The molecule has 17 heavy (non-hydrogen) atoms. The Morgan fingerprint density at radius 3 is 2.47 bits per heavy atom. The standard InChI is InChI=1S/C14H20N2O/c15-14(6-3-7-14)12-4-1-2-5-13(12)16-8-10-17-11-9-16/h1-2,4-5H,3,6-11,15H2. The van der Waals surface area contributed by atoms with Crippen molar-refractivity contribution in [2.75, 3.05) is 31.2 Å². The van der Waals surface area contributed by atoms with Gasteiger partial charge >= 0.3 is 0 Å². The van der Waals surface area contributed by atoms with E-state index in [0.717, 1.165) is 39.1 Å². The molecule has 1 heterocycles. The Bertz CT molecular complexity index is 395. The van der Waals surface area contributed by atoms with Crippen LogP contribution >= 0.6 is 0 Å². The van der Waals surface area contributed by atoms with Crippen LogP contribution in [0.1, 0.15) is 24.8 Å². The summed E-state index contributed by atoms with van der Waals surface area (Å²) in [6.07, 6.45) is 3.50. The molecule has 3 rings (SSSR count). The SMILES string of the molecule is NC1(c2ccccc2N2CCOCC2)CCC1. The van der Waals surface area contributed by atoms with Crippen LogP contribution in [0.4, 0.5) is 5.69 Å². The van der Waals surface area contributed by atoms with Crippen molar-refractivity contribution >= 4 is 5.69 Å². The number of nitrogens with two attached hydrogens (primary N) is 1. The fourth-order valence-corrected chi connectivity index (χ4v) is 2.80. The fourth-order valence-electron chi connectivity index (χ4n) is 2.80. The Hall–Kier alpha value is -1.06. The summed E-state index contributed by atoms with van der Waals surface area (Å²) in [5.74, 6) is 0. The molecule has 0 atom stereocenters. The van der Waals surface area contributed by atoms with Crippen molar-refractivity contribution in [1.29, 1.82) is 0 Å². The number of ether oxygens (including phenoxy) is 1. The summed E-state index contributed by atoms with van der Waals surface area (Å²) < 4.78 is 5.41. The highest BCUT2D eigenvalue weighted by Gasteiger charge is 2.36. The third-order valence-corrected chi connectivity index (χ3v) is 4.04. The molecule has 92 valence electrons. The summed E-state index contributed by atoms with van der Waals surface area (Å²) in [6.45, 7) is 3.61. The molecule has 0 bridgehead atoms. The first-order valence-corrected chi connectivity index (χ1v) is 6.51. The van der Waals surface area contributed by atoms with E-state index < -0.39 is 0 Å². The first-order valence-electron chi connectivity index (χ1n) is 6.51. The monoisotopic (exact) mass is 232 g/mol. The molecule has 1 aromatic rings. The minimum atomic E-state index is -0.0745. The van der Waals surface area contributed by atoms with Crippen LogP contribution in [0.25, 0.3) is 0 Å². The Morgan fingerprint density at radius 1 is 1.12 bits per heavy atom. The average Bonchev–Trinajstić information content (AvgIpc) is 2.37. The second kappa shape index (κ2) is 4.31. The van der Waals surface area contributed by atoms with Gasteiger partial charge in [0.1, 0.15) is 0 Å². The lowest BCUT2D eigenvalue weighted by atomic mass is 9.72. The Morgan fingerprint density at radius 2 is 1.82 bits per heavy atom. The van der Waals surface area contributed by atoms with Crippen molar-refractivity contribution in [2.24, 2.45) is 5.73 Å². The minimum Gasteiger partial charge on any atom is -0.378 e. The average molecular weight is 232 g/mol. The second-order valence-electron chi connectivity index (χ2n) is 5.13. The summed E-state index contributed by atoms with van der Waals surface area (Å²) in [6, 6.07) is 8.61. The van der Waals surface area contributed by atoms with Crippen molar-refractivity contribution in [2.45, 2.75) is 24.8 Å². The number of hydrogen-bond donors (Lipinski definition) is 1. The lowest BCUT2D eigenvalue weighted by Gasteiger charge is -2.42. The molecule has 2 aliphatic rings. The van der Waals surface area contributed by atoms with Gasteiger partial charge in [-0.25, -0.2) is 0 Å². The second-order valence-corrected chi connectivity index (χ2v) is 5.13. The van der Waals surface area contributed by atoms with E-state index in [4.69, 9.17) is 10.5 Å². The highest BCUT2D eigenvalue weighted by molar-refractivity contribution is 5.57. The van der Waals surface area contributed by atoms with Gasteiger partial charge in [0.05, 0.1) is 13.2 Å². The summed E-state index contributed by atoms with van der Waals surface area (Å²) in [5.41, 5.74) is 9.04.